The molecule has 9 heteroatoms. The van der Waals surface area contributed by atoms with Gasteiger partial charge in [0.1, 0.15) is 11.2 Å². The van der Waals surface area contributed by atoms with E-state index in [2.05, 4.69) is 95.6 Å². The molecule has 0 amide bonds. The van der Waals surface area contributed by atoms with E-state index in [4.69, 9.17) is 19.4 Å². The fourth-order valence-corrected chi connectivity index (χ4v) is 9.52. The van der Waals surface area contributed by atoms with Gasteiger partial charge in [-0.25, -0.2) is 15.0 Å². The lowest BCUT2D eigenvalue weighted by atomic mass is 9.95. The molecular formula is C61H32N8O. The van der Waals surface area contributed by atoms with Crippen LogP contribution in [-0.2, 0) is 0 Å². The monoisotopic (exact) mass is 892 g/mol. The maximum absolute atomic E-state index is 10.3. The summed E-state index contributed by atoms with van der Waals surface area (Å²) in [6.07, 6.45) is 0. The number of hydrogen-bond donors (Lipinski definition) is 0. The third kappa shape index (κ3) is 6.88. The predicted octanol–water partition coefficient (Wildman–Crippen LogP) is 14.4. The van der Waals surface area contributed by atoms with Gasteiger partial charge in [0.2, 0.25) is 0 Å². The third-order valence-electron chi connectivity index (χ3n) is 12.8. The molecule has 0 fully saturated rings. The van der Waals surface area contributed by atoms with Crippen molar-refractivity contribution in [3.05, 3.63) is 216 Å². The van der Waals surface area contributed by atoms with Gasteiger partial charge in [-0.1, -0.05) is 127 Å². The fraction of sp³-hybridized carbons (Fsp3) is 0. The van der Waals surface area contributed by atoms with Crippen LogP contribution in [0.5, 0.6) is 0 Å². The van der Waals surface area contributed by atoms with Crippen LogP contribution in [0.2, 0.25) is 0 Å². The number of aromatic nitrogens is 4. The summed E-state index contributed by atoms with van der Waals surface area (Å²) < 4.78 is 8.80. The Hall–Kier alpha value is -10.5. The van der Waals surface area contributed by atoms with Crippen molar-refractivity contribution in [1.29, 1.82) is 21.0 Å². The van der Waals surface area contributed by atoms with E-state index >= 15 is 0 Å². The van der Waals surface area contributed by atoms with Gasteiger partial charge in [0.15, 0.2) is 17.5 Å². The SMILES string of the molecule is N#Cc1ccc(-c2ccc3c(c2)c2cc(-c4ccc(C#N)cc4C#N)ccc2n3-c2ccc(-c3cccc4c3oc3ccccc34)cc2-c2nc(-c3ccccc3)nc(-c3ccccc3)n2)c(C#N)c1. The summed E-state index contributed by atoms with van der Waals surface area (Å²) in [4.78, 5) is 15.6. The fourth-order valence-electron chi connectivity index (χ4n) is 9.52. The van der Waals surface area contributed by atoms with Gasteiger partial charge in [-0.3, -0.25) is 0 Å². The molecule has 70 heavy (non-hydrogen) atoms. The number of para-hydroxylation sites is 2. The van der Waals surface area contributed by atoms with Crippen molar-refractivity contribution in [3.8, 4) is 97.5 Å². The Morgan fingerprint density at radius 2 is 0.871 bits per heavy atom. The molecule has 0 unspecified atom stereocenters. The van der Waals surface area contributed by atoms with Crippen molar-refractivity contribution < 1.29 is 4.42 Å². The Kier molecular flexibility index (Phi) is 9.82. The van der Waals surface area contributed by atoms with E-state index in [0.717, 1.165) is 88.4 Å². The zero-order valence-electron chi connectivity index (χ0n) is 37.0. The Morgan fingerprint density at radius 1 is 0.357 bits per heavy atom. The number of rotatable bonds is 7. The molecule has 0 aliphatic carbocycles. The lowest BCUT2D eigenvalue weighted by molar-refractivity contribution is 0.670. The molecule has 0 radical (unpaired) electrons. The van der Waals surface area contributed by atoms with E-state index in [1.165, 1.54) is 0 Å². The highest BCUT2D eigenvalue weighted by Crippen LogP contribution is 2.43. The molecule has 0 atom stereocenters. The van der Waals surface area contributed by atoms with Crippen molar-refractivity contribution in [2.75, 3.05) is 0 Å². The van der Waals surface area contributed by atoms with Crippen LogP contribution in [0, 0.1) is 45.3 Å². The Morgan fingerprint density at radius 3 is 1.44 bits per heavy atom. The van der Waals surface area contributed by atoms with Crippen molar-refractivity contribution >= 4 is 43.7 Å². The summed E-state index contributed by atoms with van der Waals surface area (Å²) in [6.45, 7) is 0. The molecule has 0 aliphatic rings. The molecule has 12 aromatic rings. The smallest absolute Gasteiger partial charge is 0.166 e. The maximum atomic E-state index is 10.3. The van der Waals surface area contributed by atoms with Crippen LogP contribution in [0.15, 0.2) is 199 Å². The minimum Gasteiger partial charge on any atom is -0.455 e. The molecule has 0 aliphatic heterocycles. The second-order valence-electron chi connectivity index (χ2n) is 16.8. The first-order chi connectivity index (χ1) is 34.5. The van der Waals surface area contributed by atoms with E-state index in [9.17, 15) is 21.0 Å². The average molecular weight is 893 g/mol. The first kappa shape index (κ1) is 41.0. The van der Waals surface area contributed by atoms with Gasteiger partial charge in [0.05, 0.1) is 63.3 Å². The Labute approximate surface area is 400 Å². The van der Waals surface area contributed by atoms with Gasteiger partial charge in [-0.2, -0.15) is 21.0 Å². The molecule has 0 N–H and O–H groups in total. The summed E-state index contributed by atoms with van der Waals surface area (Å²) in [6, 6.07) is 71.8. The second kappa shape index (κ2) is 16.8. The summed E-state index contributed by atoms with van der Waals surface area (Å²) in [7, 11) is 0. The minimum atomic E-state index is 0.384. The zero-order valence-corrected chi connectivity index (χ0v) is 37.0. The Balaban J connectivity index is 1.17. The largest absolute Gasteiger partial charge is 0.455 e. The average Bonchev–Trinajstić information content (AvgIpc) is 3.98. The van der Waals surface area contributed by atoms with Crippen LogP contribution < -0.4 is 0 Å². The topological polar surface area (TPSA) is 152 Å². The van der Waals surface area contributed by atoms with Gasteiger partial charge in [0.25, 0.3) is 0 Å². The first-order valence-corrected chi connectivity index (χ1v) is 22.4. The highest BCUT2D eigenvalue weighted by Gasteiger charge is 2.23. The van der Waals surface area contributed by atoms with Gasteiger partial charge < -0.3 is 8.98 Å². The molecule has 0 saturated heterocycles. The summed E-state index contributed by atoms with van der Waals surface area (Å²) in [5.74, 6) is 1.49. The molecule has 9 aromatic carbocycles. The number of nitrogens with zero attached hydrogens (tertiary/aromatic N) is 8. The molecule has 12 rings (SSSR count). The highest BCUT2D eigenvalue weighted by atomic mass is 16.3. The van der Waals surface area contributed by atoms with Crippen LogP contribution in [-0.4, -0.2) is 19.5 Å². The van der Waals surface area contributed by atoms with Crippen LogP contribution in [0.25, 0.3) is 117 Å². The van der Waals surface area contributed by atoms with Crippen molar-refractivity contribution in [2.24, 2.45) is 0 Å². The third-order valence-corrected chi connectivity index (χ3v) is 12.8. The lowest BCUT2D eigenvalue weighted by Gasteiger charge is -2.17. The molecular weight excluding hydrogens is 861 g/mol. The van der Waals surface area contributed by atoms with Gasteiger partial charge >= 0.3 is 0 Å². The van der Waals surface area contributed by atoms with Gasteiger partial charge in [0, 0.05) is 43.8 Å². The normalized spacial score (nSPS) is 11.1. The molecule has 0 spiro atoms. The number of nitriles is 4. The summed E-state index contributed by atoms with van der Waals surface area (Å²) in [5, 5.41) is 43.7. The van der Waals surface area contributed by atoms with Crippen LogP contribution in [0.4, 0.5) is 0 Å². The molecule has 9 nitrogen and oxygen atoms in total. The molecule has 0 bridgehead atoms. The standard InChI is InChI=1S/C61H32N8O/c62-33-37-18-23-46(44(28-37)35-64)41-20-25-54-51(30-41)52-31-42(47-24-19-38(34-63)29-45(47)36-65)21-26-55(52)69(54)56-27-22-43(48-15-9-16-50-49-14-7-8-17-57(49)70-58(48)50)32-53(56)61-67-59(39-10-3-1-4-11-39)66-60(68-61)40-12-5-2-6-13-40/h1-32H. The van der Waals surface area contributed by atoms with E-state index in [1.807, 2.05) is 103 Å². The minimum absolute atomic E-state index is 0.384. The molecule has 0 saturated carbocycles. The lowest BCUT2D eigenvalue weighted by Crippen LogP contribution is -2.04. The number of fused-ring (bicyclic) bond motifs is 6. The number of hydrogen-bond acceptors (Lipinski definition) is 8. The summed E-state index contributed by atoms with van der Waals surface area (Å²) in [5.41, 5.74) is 12.8. The summed E-state index contributed by atoms with van der Waals surface area (Å²) >= 11 is 0. The zero-order chi connectivity index (χ0) is 47.3. The number of furan rings is 1. The molecule has 3 heterocycles. The van der Waals surface area contributed by atoms with E-state index in [0.29, 0.717) is 50.9 Å². The number of benzene rings is 9. The van der Waals surface area contributed by atoms with Crippen LogP contribution in [0.1, 0.15) is 22.3 Å². The van der Waals surface area contributed by atoms with Crippen molar-refractivity contribution in [3.63, 3.8) is 0 Å². The molecule has 322 valence electrons. The van der Waals surface area contributed by atoms with Crippen molar-refractivity contribution in [2.45, 2.75) is 0 Å². The van der Waals surface area contributed by atoms with E-state index in [-0.39, 0.29) is 0 Å². The van der Waals surface area contributed by atoms with Crippen LogP contribution in [0.3, 0.4) is 0 Å². The van der Waals surface area contributed by atoms with E-state index < -0.39 is 0 Å². The second-order valence-corrected chi connectivity index (χ2v) is 16.8. The first-order valence-electron chi connectivity index (χ1n) is 22.4. The van der Waals surface area contributed by atoms with Gasteiger partial charge in [-0.15, -0.1) is 0 Å². The maximum Gasteiger partial charge on any atom is 0.166 e. The highest BCUT2D eigenvalue weighted by molar-refractivity contribution is 6.13. The quantitative estimate of drug-likeness (QED) is 0.153. The van der Waals surface area contributed by atoms with E-state index in [1.54, 1.807) is 24.3 Å². The van der Waals surface area contributed by atoms with Crippen molar-refractivity contribution in [1.82, 2.24) is 19.5 Å². The predicted molar refractivity (Wildman–Crippen MR) is 273 cm³/mol. The Bertz CT molecular complexity index is 4100. The van der Waals surface area contributed by atoms with Crippen LogP contribution >= 0.6 is 0 Å². The molecule has 3 aromatic heterocycles. The van der Waals surface area contributed by atoms with Gasteiger partial charge in [-0.05, 0) is 94.5 Å².